The molecule has 6 heteroatoms. The van der Waals surface area contributed by atoms with Gasteiger partial charge in [0, 0.05) is 0 Å². The van der Waals surface area contributed by atoms with E-state index in [0.717, 1.165) is 0 Å². The Kier molecular flexibility index (Phi) is 3.36. The van der Waals surface area contributed by atoms with Crippen molar-refractivity contribution < 1.29 is 17.9 Å². The van der Waals surface area contributed by atoms with Gasteiger partial charge < -0.3 is 10.5 Å². The molecule has 0 aromatic heterocycles. The van der Waals surface area contributed by atoms with Gasteiger partial charge in [-0.25, -0.2) is 8.42 Å². The molecule has 2 N–H and O–H groups in total. The van der Waals surface area contributed by atoms with Crippen LogP contribution in [0.25, 0.3) is 0 Å². The summed E-state index contributed by atoms with van der Waals surface area (Å²) < 4.78 is 28.0. The van der Waals surface area contributed by atoms with E-state index in [4.69, 9.17) is 10.5 Å². The first kappa shape index (κ1) is 13.4. The van der Waals surface area contributed by atoms with Crippen LogP contribution in [0.2, 0.25) is 0 Å². The predicted molar refractivity (Wildman–Crippen MR) is 60.7 cm³/mol. The van der Waals surface area contributed by atoms with Crippen LogP contribution in [0.4, 0.5) is 0 Å². The highest BCUT2D eigenvalue weighted by atomic mass is 32.2. The summed E-state index contributed by atoms with van der Waals surface area (Å²) in [7, 11) is -3.22. The molecule has 1 rings (SSSR count). The first-order valence-electron chi connectivity index (χ1n) is 5.27. The highest BCUT2D eigenvalue weighted by Crippen LogP contribution is 2.24. The molecular weight excluding hydrogens is 230 g/mol. The van der Waals surface area contributed by atoms with Gasteiger partial charge in [0.05, 0.1) is 11.5 Å². The van der Waals surface area contributed by atoms with Crippen molar-refractivity contribution in [1.82, 2.24) is 0 Å². The first-order chi connectivity index (χ1) is 7.04. The van der Waals surface area contributed by atoms with Crippen molar-refractivity contribution in [3.05, 3.63) is 0 Å². The first-order valence-corrected chi connectivity index (χ1v) is 7.09. The third-order valence-electron chi connectivity index (χ3n) is 2.36. The quantitative estimate of drug-likeness (QED) is 0.672. The number of esters is 1. The zero-order chi connectivity index (χ0) is 12.6. The lowest BCUT2D eigenvalue weighted by atomic mass is 9.96. The zero-order valence-corrected chi connectivity index (χ0v) is 10.8. The number of hydrogen-bond donors (Lipinski definition) is 1. The van der Waals surface area contributed by atoms with Crippen LogP contribution in [0.5, 0.6) is 0 Å². The van der Waals surface area contributed by atoms with Gasteiger partial charge in [0.1, 0.15) is 11.1 Å². The maximum Gasteiger partial charge on any atom is 0.327 e. The van der Waals surface area contributed by atoms with Crippen LogP contribution in [0.3, 0.4) is 0 Å². The Labute approximate surface area is 96.3 Å². The van der Waals surface area contributed by atoms with Crippen molar-refractivity contribution in [2.75, 3.05) is 11.5 Å². The molecule has 1 unspecified atom stereocenters. The molecule has 0 radical (unpaired) electrons. The molecule has 16 heavy (non-hydrogen) atoms. The van der Waals surface area contributed by atoms with E-state index < -0.39 is 26.9 Å². The minimum absolute atomic E-state index is 0.106. The largest absolute Gasteiger partial charge is 0.459 e. The van der Waals surface area contributed by atoms with Gasteiger partial charge in [0.25, 0.3) is 0 Å². The maximum atomic E-state index is 11.8. The van der Waals surface area contributed by atoms with Crippen molar-refractivity contribution in [3.8, 4) is 0 Å². The lowest BCUT2D eigenvalue weighted by Gasteiger charge is -2.33. The topological polar surface area (TPSA) is 86.5 Å². The number of rotatable bonds is 1. The van der Waals surface area contributed by atoms with Crippen LogP contribution in [0.1, 0.15) is 33.6 Å². The van der Waals surface area contributed by atoms with E-state index in [0.29, 0.717) is 12.8 Å². The minimum atomic E-state index is -3.22. The highest BCUT2D eigenvalue weighted by Gasteiger charge is 2.44. The molecule has 0 amide bonds. The van der Waals surface area contributed by atoms with Crippen molar-refractivity contribution in [2.24, 2.45) is 5.73 Å². The molecular formula is C10H19NO4S. The maximum absolute atomic E-state index is 11.8. The summed E-state index contributed by atoms with van der Waals surface area (Å²) in [6.07, 6.45) is 0.777. The molecule has 0 bridgehead atoms. The zero-order valence-electron chi connectivity index (χ0n) is 9.95. The third-order valence-corrected chi connectivity index (χ3v) is 4.23. The molecule has 1 aliphatic rings. The fraction of sp³-hybridized carbons (Fsp3) is 0.900. The van der Waals surface area contributed by atoms with Crippen molar-refractivity contribution in [3.63, 3.8) is 0 Å². The van der Waals surface area contributed by atoms with Gasteiger partial charge in [-0.2, -0.15) is 0 Å². The Bertz CT molecular complexity index is 382. The Morgan fingerprint density at radius 2 is 1.94 bits per heavy atom. The second kappa shape index (κ2) is 4.00. The van der Waals surface area contributed by atoms with Crippen LogP contribution in [0, 0.1) is 0 Å². The number of nitrogens with two attached hydrogens (primary N) is 1. The normalized spacial score (nSPS) is 29.8. The second-order valence-electron chi connectivity index (χ2n) is 5.35. The van der Waals surface area contributed by atoms with Gasteiger partial charge in [-0.05, 0) is 33.6 Å². The second-order valence-corrected chi connectivity index (χ2v) is 7.54. The fourth-order valence-corrected chi connectivity index (χ4v) is 3.46. The predicted octanol–water partition coefficient (Wildman–Crippen LogP) is 0.234. The van der Waals surface area contributed by atoms with Gasteiger partial charge in [0.15, 0.2) is 9.84 Å². The van der Waals surface area contributed by atoms with Crippen molar-refractivity contribution >= 4 is 15.8 Å². The highest BCUT2D eigenvalue weighted by molar-refractivity contribution is 7.91. The molecule has 0 saturated carbocycles. The summed E-state index contributed by atoms with van der Waals surface area (Å²) in [6.45, 7) is 5.18. The molecule has 0 spiro atoms. The minimum Gasteiger partial charge on any atom is -0.459 e. The van der Waals surface area contributed by atoms with Gasteiger partial charge in [-0.3, -0.25) is 4.79 Å². The molecule has 0 aliphatic carbocycles. The number of hydrogen-bond acceptors (Lipinski definition) is 5. The van der Waals surface area contributed by atoms with Gasteiger partial charge in [-0.15, -0.1) is 0 Å². The van der Waals surface area contributed by atoms with Gasteiger partial charge in [-0.1, -0.05) is 0 Å². The summed E-state index contributed by atoms with van der Waals surface area (Å²) in [5.74, 6) is -0.827. The molecule has 1 atom stereocenters. The van der Waals surface area contributed by atoms with E-state index in [2.05, 4.69) is 0 Å². The van der Waals surface area contributed by atoms with Crippen molar-refractivity contribution in [2.45, 2.75) is 44.8 Å². The van der Waals surface area contributed by atoms with Crippen LogP contribution in [-0.2, 0) is 19.4 Å². The molecule has 1 fully saturated rings. The summed E-state index contributed by atoms with van der Waals surface area (Å²) >= 11 is 0. The third kappa shape index (κ3) is 3.45. The summed E-state index contributed by atoms with van der Waals surface area (Å²) in [4.78, 5) is 11.8. The van der Waals surface area contributed by atoms with Crippen LogP contribution in [0.15, 0.2) is 0 Å². The Balaban J connectivity index is 2.82. The molecule has 94 valence electrons. The Hall–Kier alpha value is -0.620. The number of ether oxygens (including phenoxy) is 1. The Morgan fingerprint density at radius 1 is 1.38 bits per heavy atom. The summed E-state index contributed by atoms with van der Waals surface area (Å²) in [5.41, 5.74) is 3.81. The lowest BCUT2D eigenvalue weighted by Crippen LogP contribution is -2.58. The molecule has 0 aromatic rings. The summed E-state index contributed by atoms with van der Waals surface area (Å²) in [5, 5.41) is 0. The standard InChI is InChI=1S/C10H19NO4S/c1-9(2,3)15-8(12)10(11)5-4-6-16(13,14)7-10/h4-7,11H2,1-3H3. The molecule has 0 aromatic carbocycles. The van der Waals surface area contributed by atoms with E-state index in [1.807, 2.05) is 0 Å². The van der Waals surface area contributed by atoms with E-state index >= 15 is 0 Å². The smallest absolute Gasteiger partial charge is 0.327 e. The molecule has 1 saturated heterocycles. The number of carbonyl (C=O) groups excluding carboxylic acids is 1. The van der Waals surface area contributed by atoms with Gasteiger partial charge in [0.2, 0.25) is 0 Å². The van der Waals surface area contributed by atoms with Crippen LogP contribution in [-0.4, -0.2) is 37.0 Å². The Morgan fingerprint density at radius 3 is 2.38 bits per heavy atom. The SMILES string of the molecule is CC(C)(C)OC(=O)C1(N)CCCS(=O)(=O)C1. The fourth-order valence-electron chi connectivity index (χ4n) is 1.69. The van der Waals surface area contributed by atoms with E-state index in [1.54, 1.807) is 20.8 Å². The van der Waals surface area contributed by atoms with Crippen LogP contribution < -0.4 is 5.73 Å². The monoisotopic (exact) mass is 249 g/mol. The molecule has 1 aliphatic heterocycles. The van der Waals surface area contributed by atoms with Gasteiger partial charge >= 0.3 is 5.97 Å². The number of carbonyl (C=O) groups is 1. The average Bonchev–Trinajstić information content (AvgIpc) is 1.97. The van der Waals surface area contributed by atoms with Crippen molar-refractivity contribution in [1.29, 1.82) is 0 Å². The number of sulfone groups is 1. The molecule has 5 nitrogen and oxygen atoms in total. The van der Waals surface area contributed by atoms with E-state index in [1.165, 1.54) is 0 Å². The van der Waals surface area contributed by atoms with Crippen LogP contribution >= 0.6 is 0 Å². The average molecular weight is 249 g/mol. The lowest BCUT2D eigenvalue weighted by molar-refractivity contribution is -0.161. The van der Waals surface area contributed by atoms with E-state index in [9.17, 15) is 13.2 Å². The van der Waals surface area contributed by atoms with E-state index in [-0.39, 0.29) is 11.5 Å². The molecule has 1 heterocycles. The summed E-state index contributed by atoms with van der Waals surface area (Å²) in [6, 6.07) is 0.